The second kappa shape index (κ2) is 12.9. The zero-order valence-corrected chi connectivity index (χ0v) is 20.5. The number of aromatic amines is 2. The van der Waals surface area contributed by atoms with E-state index in [0.29, 0.717) is 29.3 Å². The van der Waals surface area contributed by atoms with Gasteiger partial charge in [0, 0.05) is 17.1 Å². The highest BCUT2D eigenvalue weighted by molar-refractivity contribution is 6.17. The fourth-order valence-electron chi connectivity index (χ4n) is 4.25. The Morgan fingerprint density at radius 2 is 1.67 bits per heavy atom. The first-order chi connectivity index (χ1) is 16.2. The summed E-state index contributed by atoms with van der Waals surface area (Å²) in [5.74, 6) is 0.553. The van der Waals surface area contributed by atoms with Gasteiger partial charge in [0.15, 0.2) is 5.76 Å². The maximum atomic E-state index is 9.78. The molecule has 2 aromatic rings. The van der Waals surface area contributed by atoms with E-state index in [4.69, 9.17) is 9.73 Å². The van der Waals surface area contributed by atoms with E-state index in [1.165, 1.54) is 63.5 Å². The molecule has 0 radical (unpaired) electrons. The number of nitrogens with zero attached hydrogens (tertiary/aromatic N) is 2. The number of rotatable bonds is 14. The highest BCUT2D eigenvalue weighted by Gasteiger charge is 2.27. The molecule has 2 aromatic heterocycles. The lowest BCUT2D eigenvalue weighted by Gasteiger charge is -2.05. The summed E-state index contributed by atoms with van der Waals surface area (Å²) in [5.41, 5.74) is 5.90. The Kier molecular flexibility index (Phi) is 9.62. The van der Waals surface area contributed by atoms with Gasteiger partial charge in [0.1, 0.15) is 23.1 Å². The second-order valence-electron chi connectivity index (χ2n) is 8.81. The van der Waals surface area contributed by atoms with Gasteiger partial charge in [-0.05, 0) is 57.0 Å². The first-order valence-electron chi connectivity index (χ1n) is 12.6. The van der Waals surface area contributed by atoms with Crippen molar-refractivity contribution in [3.8, 4) is 6.07 Å². The van der Waals surface area contributed by atoms with Crippen LogP contribution in [0.2, 0.25) is 0 Å². The van der Waals surface area contributed by atoms with Crippen molar-refractivity contribution in [2.75, 3.05) is 6.61 Å². The van der Waals surface area contributed by atoms with Gasteiger partial charge in [0.25, 0.3) is 0 Å². The lowest BCUT2D eigenvalue weighted by Crippen LogP contribution is -2.03. The van der Waals surface area contributed by atoms with Crippen LogP contribution < -0.4 is 0 Å². The van der Waals surface area contributed by atoms with Crippen LogP contribution in [0.1, 0.15) is 94.4 Å². The van der Waals surface area contributed by atoms with Crippen LogP contribution >= 0.6 is 0 Å². The Hall–Kier alpha value is -3.00. The summed E-state index contributed by atoms with van der Waals surface area (Å²) in [6.45, 7) is 6.67. The third-order valence-electron chi connectivity index (χ3n) is 6.03. The largest absolute Gasteiger partial charge is 0.490 e. The van der Waals surface area contributed by atoms with Gasteiger partial charge in [-0.25, -0.2) is 4.99 Å². The van der Waals surface area contributed by atoms with Crippen molar-refractivity contribution >= 4 is 11.8 Å². The Bertz CT molecular complexity index is 1030. The van der Waals surface area contributed by atoms with E-state index in [2.05, 4.69) is 35.1 Å². The first-order valence-corrected chi connectivity index (χ1v) is 12.6. The van der Waals surface area contributed by atoms with Crippen molar-refractivity contribution in [3.63, 3.8) is 0 Å². The number of hydrogen-bond acceptors (Lipinski definition) is 3. The number of unbranched alkanes of at least 4 members (excludes halogenated alkanes) is 8. The Morgan fingerprint density at radius 3 is 2.30 bits per heavy atom. The quantitative estimate of drug-likeness (QED) is 0.297. The van der Waals surface area contributed by atoms with Crippen molar-refractivity contribution in [1.82, 2.24) is 9.97 Å². The molecule has 0 atom stereocenters. The zero-order valence-electron chi connectivity index (χ0n) is 20.5. The van der Waals surface area contributed by atoms with Gasteiger partial charge in [-0.15, -0.1) is 0 Å². The number of allylic oxidation sites excluding steroid dienone is 1. The normalized spacial score (nSPS) is 14.7. The van der Waals surface area contributed by atoms with Crippen LogP contribution in [-0.2, 0) is 11.2 Å². The maximum Gasteiger partial charge on any atom is 0.165 e. The number of H-pyrrole nitrogens is 2. The van der Waals surface area contributed by atoms with Crippen LogP contribution in [0.4, 0.5) is 0 Å². The molecule has 0 aromatic carbocycles. The van der Waals surface area contributed by atoms with Crippen LogP contribution in [-0.4, -0.2) is 22.3 Å². The highest BCUT2D eigenvalue weighted by Crippen LogP contribution is 2.30. The van der Waals surface area contributed by atoms with E-state index >= 15 is 0 Å². The van der Waals surface area contributed by atoms with Gasteiger partial charge in [-0.2, -0.15) is 5.26 Å². The minimum Gasteiger partial charge on any atom is -0.490 e. The van der Waals surface area contributed by atoms with E-state index in [1.54, 1.807) is 0 Å². The molecule has 5 nitrogen and oxygen atoms in total. The lowest BCUT2D eigenvalue weighted by atomic mass is 10.1. The summed E-state index contributed by atoms with van der Waals surface area (Å²) < 4.78 is 5.84. The van der Waals surface area contributed by atoms with E-state index < -0.39 is 0 Å². The molecule has 3 heterocycles. The molecule has 0 unspecified atom stereocenters. The average Bonchev–Trinajstić information content (AvgIpc) is 3.52. The van der Waals surface area contributed by atoms with Gasteiger partial charge in [0.2, 0.25) is 0 Å². The van der Waals surface area contributed by atoms with E-state index in [0.717, 1.165) is 23.5 Å². The van der Waals surface area contributed by atoms with Crippen LogP contribution in [0.5, 0.6) is 0 Å². The average molecular weight is 447 g/mol. The third kappa shape index (κ3) is 6.99. The Morgan fingerprint density at radius 1 is 0.939 bits per heavy atom. The van der Waals surface area contributed by atoms with Gasteiger partial charge >= 0.3 is 0 Å². The smallest absolute Gasteiger partial charge is 0.165 e. The molecule has 0 aliphatic carbocycles. The number of ether oxygens (including phenoxy) is 1. The topological polar surface area (TPSA) is 77.0 Å². The monoisotopic (exact) mass is 446 g/mol. The third-order valence-corrected chi connectivity index (χ3v) is 6.03. The summed E-state index contributed by atoms with van der Waals surface area (Å²) in [5, 5.41) is 9.78. The molecule has 0 fully saturated rings. The number of aliphatic imine (C=N–C) groups is 1. The molecule has 176 valence electrons. The molecule has 3 rings (SSSR count). The van der Waals surface area contributed by atoms with Gasteiger partial charge in [-0.1, -0.05) is 58.3 Å². The number of nitrogens with one attached hydrogen (secondary N) is 2. The van der Waals surface area contributed by atoms with Crippen molar-refractivity contribution in [1.29, 1.82) is 5.26 Å². The molecule has 1 aliphatic rings. The number of nitriles is 1. The zero-order chi connectivity index (χ0) is 23.5. The molecule has 5 heteroatoms. The molecule has 0 saturated carbocycles. The van der Waals surface area contributed by atoms with Crippen LogP contribution in [0.15, 0.2) is 46.3 Å². The van der Waals surface area contributed by atoms with Crippen LogP contribution in [0, 0.1) is 18.3 Å². The molecule has 33 heavy (non-hydrogen) atoms. The van der Waals surface area contributed by atoms with Crippen molar-refractivity contribution in [3.05, 3.63) is 64.1 Å². The summed E-state index contributed by atoms with van der Waals surface area (Å²) in [4.78, 5) is 11.5. The van der Waals surface area contributed by atoms with Crippen LogP contribution in [0.3, 0.4) is 0 Å². The van der Waals surface area contributed by atoms with E-state index in [9.17, 15) is 5.26 Å². The summed E-state index contributed by atoms with van der Waals surface area (Å²) >= 11 is 0. The minimum absolute atomic E-state index is 0.478. The molecule has 1 aliphatic heterocycles. The van der Waals surface area contributed by atoms with Gasteiger partial charge in [-0.3, -0.25) is 0 Å². The Labute approximate surface area is 198 Å². The predicted octanol–water partition coefficient (Wildman–Crippen LogP) is 7.38. The maximum absolute atomic E-state index is 9.78. The number of aryl methyl sites for hydroxylation is 2. The molecule has 0 amide bonds. The lowest BCUT2D eigenvalue weighted by molar-refractivity contribution is 0.238. The molecule has 0 bridgehead atoms. The summed E-state index contributed by atoms with van der Waals surface area (Å²) in [6.07, 6.45) is 15.1. The molecular formula is C28H38N4O. The Balaban J connectivity index is 1.59. The molecule has 0 saturated heterocycles. The molecule has 0 spiro atoms. The van der Waals surface area contributed by atoms with E-state index in [1.807, 2.05) is 32.1 Å². The molecular weight excluding hydrogens is 408 g/mol. The number of hydrogen-bond donors (Lipinski definition) is 2. The van der Waals surface area contributed by atoms with Crippen molar-refractivity contribution in [2.45, 2.75) is 85.0 Å². The fourth-order valence-corrected chi connectivity index (χ4v) is 4.25. The first kappa shape index (κ1) is 24.6. The number of aromatic nitrogens is 2. The van der Waals surface area contributed by atoms with Crippen LogP contribution in [0.25, 0.3) is 6.08 Å². The second-order valence-corrected chi connectivity index (χ2v) is 8.81. The van der Waals surface area contributed by atoms with E-state index in [-0.39, 0.29) is 0 Å². The van der Waals surface area contributed by atoms with Gasteiger partial charge in [0.05, 0.1) is 12.3 Å². The summed E-state index contributed by atoms with van der Waals surface area (Å²) in [6, 6.07) is 10.5. The fraction of sp³-hybridized carbons (Fsp3) is 0.500. The van der Waals surface area contributed by atoms with Crippen molar-refractivity contribution in [2.24, 2.45) is 4.99 Å². The van der Waals surface area contributed by atoms with Crippen molar-refractivity contribution < 1.29 is 4.74 Å². The standard InChI is InChI=1S/C28H38N4O/c1-4-6-7-8-9-10-11-12-13-14-22-16-17-23(31-22)19-26-28(33-5-2)24(20-29)27(32-26)25-18-15-21(3)30-25/h15-19,30-31H,4-14H2,1-3H3/b26-19-. The molecule has 2 N–H and O–H groups in total. The minimum atomic E-state index is 0.478. The SMILES string of the molecule is CCCCCCCCCCCc1ccc(/C=C2\N=C(c3ccc(C)[nH]3)C(C#N)=C2OCC)[nH]1. The van der Waals surface area contributed by atoms with Gasteiger partial charge < -0.3 is 14.7 Å². The highest BCUT2D eigenvalue weighted by atomic mass is 16.5. The summed E-state index contributed by atoms with van der Waals surface area (Å²) in [7, 11) is 0. The predicted molar refractivity (Wildman–Crippen MR) is 136 cm³/mol.